The Morgan fingerprint density at radius 3 is 2.70 bits per heavy atom. The number of amides is 1. The van der Waals surface area contributed by atoms with E-state index in [1.807, 2.05) is 11.0 Å². The number of nitrogens with one attached hydrogen (secondary N) is 1. The third kappa shape index (κ3) is 4.42. The van der Waals surface area contributed by atoms with Crippen LogP contribution < -0.4 is 10.2 Å². The molecule has 0 bridgehead atoms. The van der Waals surface area contributed by atoms with Gasteiger partial charge in [0.2, 0.25) is 5.91 Å². The number of carbonyl (C=O) groups excluding carboxylic acids is 1. The van der Waals surface area contributed by atoms with Gasteiger partial charge in [-0.1, -0.05) is 0 Å². The molecule has 144 valence electrons. The van der Waals surface area contributed by atoms with Crippen molar-refractivity contribution >= 4 is 17.4 Å². The summed E-state index contributed by atoms with van der Waals surface area (Å²) in [4.78, 5) is 13.6. The average molecular weight is 380 g/mol. The number of hydrogen-bond acceptors (Lipinski definition) is 4. The zero-order valence-electron chi connectivity index (χ0n) is 14.6. The minimum absolute atomic E-state index is 0.0413. The summed E-state index contributed by atoms with van der Waals surface area (Å²) in [5, 5.41) is 7.05. The first-order valence-electron chi connectivity index (χ1n) is 8.32. The van der Waals surface area contributed by atoms with Gasteiger partial charge in [0.05, 0.1) is 25.1 Å². The molecular weight excluding hydrogens is 361 g/mol. The minimum Gasteiger partial charge on any atom is -0.504 e. The molecule has 0 aliphatic carbocycles. The van der Waals surface area contributed by atoms with E-state index in [1.54, 1.807) is 10.9 Å². The summed E-state index contributed by atoms with van der Waals surface area (Å²) in [7, 11) is 1.45. The molecule has 6 nitrogen and oxygen atoms in total. The van der Waals surface area contributed by atoms with Crippen LogP contribution in [0, 0.1) is 5.92 Å². The highest BCUT2D eigenvalue weighted by Crippen LogP contribution is 2.34. The second-order valence-corrected chi connectivity index (χ2v) is 6.18. The number of carbonyl (C=O) groups is 1. The summed E-state index contributed by atoms with van der Waals surface area (Å²) in [6.45, 7) is 1.56. The Kier molecular flexibility index (Phi) is 5.38. The molecule has 1 aromatic heterocycles. The van der Waals surface area contributed by atoms with Gasteiger partial charge in [-0.2, -0.15) is 18.3 Å². The fraction of sp³-hybridized carbons (Fsp3) is 0.333. The molecule has 9 heteroatoms. The summed E-state index contributed by atoms with van der Waals surface area (Å²) < 4.78 is 44.9. The van der Waals surface area contributed by atoms with E-state index in [-0.39, 0.29) is 11.8 Å². The highest BCUT2D eigenvalue weighted by molar-refractivity contribution is 5.87. The number of benzene rings is 1. The largest absolute Gasteiger partial charge is 0.504 e. The molecule has 3 rings (SSSR count). The van der Waals surface area contributed by atoms with Gasteiger partial charge in [0.1, 0.15) is 5.82 Å². The number of nitrogens with zero attached hydrogens (tertiary/aromatic N) is 3. The van der Waals surface area contributed by atoms with E-state index >= 15 is 0 Å². The quantitative estimate of drug-likeness (QED) is 0.640. The number of fused-ring (bicyclic) bond motifs is 1. The molecule has 2 aromatic rings. The van der Waals surface area contributed by atoms with Crippen LogP contribution in [-0.2, 0) is 22.3 Å². The van der Waals surface area contributed by atoms with Gasteiger partial charge in [-0.05, 0) is 24.3 Å². The van der Waals surface area contributed by atoms with Crippen LogP contribution in [0.4, 0.5) is 24.7 Å². The fourth-order valence-electron chi connectivity index (χ4n) is 2.98. The number of alkyl halides is 3. The molecular formula is C18H19F3N4O2. The molecule has 0 saturated carbocycles. The zero-order valence-corrected chi connectivity index (χ0v) is 14.6. The van der Waals surface area contributed by atoms with Crippen molar-refractivity contribution in [1.82, 2.24) is 15.1 Å². The predicted octanol–water partition coefficient (Wildman–Crippen LogP) is 2.95. The Morgan fingerprint density at radius 1 is 1.30 bits per heavy atom. The Hall–Kier alpha value is -2.97. The monoisotopic (exact) mass is 380 g/mol. The Labute approximate surface area is 154 Å². The van der Waals surface area contributed by atoms with Gasteiger partial charge in [0, 0.05) is 43.4 Å². The van der Waals surface area contributed by atoms with Crippen molar-refractivity contribution in [3.05, 3.63) is 54.4 Å². The molecule has 1 aromatic carbocycles. The highest BCUT2D eigenvalue weighted by Gasteiger charge is 2.31. The second kappa shape index (κ2) is 7.73. The number of aromatic nitrogens is 2. The lowest BCUT2D eigenvalue weighted by Crippen LogP contribution is -2.41. The molecule has 0 spiro atoms. The van der Waals surface area contributed by atoms with Crippen LogP contribution in [-0.4, -0.2) is 35.9 Å². The highest BCUT2D eigenvalue weighted by atomic mass is 19.4. The normalized spacial score (nSPS) is 17.0. The fourth-order valence-corrected chi connectivity index (χ4v) is 2.98. The molecule has 0 unspecified atom stereocenters. The first kappa shape index (κ1) is 18.8. The van der Waals surface area contributed by atoms with Gasteiger partial charge >= 0.3 is 6.18 Å². The van der Waals surface area contributed by atoms with Gasteiger partial charge in [-0.3, -0.25) is 4.79 Å². The SMILES string of the molecule is CO/C=C/C(=O)NC[C@@H]1CN(c2ccc(C(F)(F)F)cc2)c2ccnn2C1. The van der Waals surface area contributed by atoms with Crippen LogP contribution in [0.25, 0.3) is 0 Å². The second-order valence-electron chi connectivity index (χ2n) is 6.18. The van der Waals surface area contributed by atoms with Crippen molar-refractivity contribution in [3.63, 3.8) is 0 Å². The molecule has 0 saturated heterocycles. The number of rotatable bonds is 5. The first-order chi connectivity index (χ1) is 12.9. The third-order valence-electron chi connectivity index (χ3n) is 4.27. The number of ether oxygens (including phenoxy) is 1. The van der Waals surface area contributed by atoms with Gasteiger partial charge in [-0.25, -0.2) is 4.68 Å². The van der Waals surface area contributed by atoms with E-state index in [9.17, 15) is 18.0 Å². The lowest BCUT2D eigenvalue weighted by atomic mass is 10.1. The Balaban J connectivity index is 1.75. The third-order valence-corrected chi connectivity index (χ3v) is 4.27. The summed E-state index contributed by atoms with van der Waals surface area (Å²) in [6, 6.07) is 6.84. The summed E-state index contributed by atoms with van der Waals surface area (Å²) in [6.07, 6.45) is -0.147. The van der Waals surface area contributed by atoms with E-state index in [4.69, 9.17) is 4.74 Å². The van der Waals surface area contributed by atoms with Crippen LogP contribution in [0.3, 0.4) is 0 Å². The molecule has 0 radical (unpaired) electrons. The molecule has 1 aliphatic heterocycles. The van der Waals surface area contributed by atoms with Crippen molar-refractivity contribution in [2.75, 3.05) is 25.1 Å². The summed E-state index contributed by atoms with van der Waals surface area (Å²) >= 11 is 0. The van der Waals surface area contributed by atoms with Crippen LogP contribution in [0.5, 0.6) is 0 Å². The number of hydrogen-bond donors (Lipinski definition) is 1. The average Bonchev–Trinajstić information content (AvgIpc) is 3.12. The number of methoxy groups -OCH3 is 1. The molecule has 1 amide bonds. The smallest absolute Gasteiger partial charge is 0.416 e. The molecule has 2 heterocycles. The van der Waals surface area contributed by atoms with E-state index in [1.165, 1.54) is 31.6 Å². The van der Waals surface area contributed by atoms with Crippen molar-refractivity contribution in [2.24, 2.45) is 5.92 Å². The lowest BCUT2D eigenvalue weighted by Gasteiger charge is -2.35. The van der Waals surface area contributed by atoms with Crippen LogP contribution in [0.1, 0.15) is 5.56 Å². The molecule has 1 N–H and O–H groups in total. The maximum absolute atomic E-state index is 12.8. The molecule has 1 aliphatic rings. The van der Waals surface area contributed by atoms with Crippen molar-refractivity contribution in [1.29, 1.82) is 0 Å². The maximum Gasteiger partial charge on any atom is 0.416 e. The molecule has 27 heavy (non-hydrogen) atoms. The molecule has 1 atom stereocenters. The number of halogens is 3. The summed E-state index contributed by atoms with van der Waals surface area (Å²) in [5.41, 5.74) is -0.0504. The Morgan fingerprint density at radius 2 is 2.04 bits per heavy atom. The molecule has 0 fully saturated rings. The van der Waals surface area contributed by atoms with Crippen LogP contribution in [0.2, 0.25) is 0 Å². The van der Waals surface area contributed by atoms with Crippen molar-refractivity contribution in [2.45, 2.75) is 12.7 Å². The minimum atomic E-state index is -4.37. The lowest BCUT2D eigenvalue weighted by molar-refractivity contribution is -0.137. The topological polar surface area (TPSA) is 59.4 Å². The van der Waals surface area contributed by atoms with Crippen molar-refractivity contribution < 1.29 is 22.7 Å². The summed E-state index contributed by atoms with van der Waals surface area (Å²) in [5.74, 6) is 0.570. The van der Waals surface area contributed by atoms with E-state index in [0.717, 1.165) is 18.0 Å². The van der Waals surface area contributed by atoms with E-state index < -0.39 is 11.7 Å². The first-order valence-corrected chi connectivity index (χ1v) is 8.32. The van der Waals surface area contributed by atoms with E-state index in [0.29, 0.717) is 25.3 Å². The van der Waals surface area contributed by atoms with Gasteiger partial charge < -0.3 is 15.0 Å². The van der Waals surface area contributed by atoms with Crippen LogP contribution >= 0.6 is 0 Å². The van der Waals surface area contributed by atoms with Gasteiger partial charge in [0.15, 0.2) is 0 Å². The maximum atomic E-state index is 12.8. The zero-order chi connectivity index (χ0) is 19.4. The predicted molar refractivity (Wildman–Crippen MR) is 93.3 cm³/mol. The van der Waals surface area contributed by atoms with Gasteiger partial charge in [-0.15, -0.1) is 0 Å². The van der Waals surface area contributed by atoms with Gasteiger partial charge in [0.25, 0.3) is 0 Å². The van der Waals surface area contributed by atoms with Crippen molar-refractivity contribution in [3.8, 4) is 0 Å². The standard InChI is InChI=1S/C18H19F3N4O2/c1-27-9-7-16(26)22-10-13-11-24(17-6-8-23-25(17)12-13)15-4-2-14(3-5-15)18(19,20)21/h2-9,13H,10-12H2,1H3,(H,22,26)/b9-7+/t13-/m1/s1. The van der Waals surface area contributed by atoms with E-state index in [2.05, 4.69) is 10.4 Å². The Bertz CT molecular complexity index is 815. The number of anilines is 2. The van der Waals surface area contributed by atoms with Crippen LogP contribution in [0.15, 0.2) is 48.9 Å².